The van der Waals surface area contributed by atoms with Crippen LogP contribution < -0.4 is 10.2 Å². The number of benzene rings is 2. The Labute approximate surface area is 211 Å². The fraction of sp³-hybridized carbons (Fsp3) is 0.286. The Hall–Kier alpha value is -3.51. The summed E-state index contributed by atoms with van der Waals surface area (Å²) in [6.07, 6.45) is 3.09. The summed E-state index contributed by atoms with van der Waals surface area (Å²) in [6.45, 7) is 8.87. The highest BCUT2D eigenvalue weighted by Crippen LogP contribution is 2.27. The minimum Gasteiger partial charge on any atom is -0.457 e. The van der Waals surface area contributed by atoms with E-state index in [2.05, 4.69) is 10.2 Å². The molecule has 2 heterocycles. The van der Waals surface area contributed by atoms with Gasteiger partial charge < -0.3 is 19.5 Å². The van der Waals surface area contributed by atoms with E-state index in [4.69, 9.17) is 16.0 Å². The van der Waals surface area contributed by atoms with E-state index in [1.165, 1.54) is 6.08 Å². The van der Waals surface area contributed by atoms with Crippen molar-refractivity contribution in [1.29, 1.82) is 0 Å². The number of aryl methyl sites for hydroxylation is 1. The summed E-state index contributed by atoms with van der Waals surface area (Å²) in [5, 5.41) is 3.56. The minimum absolute atomic E-state index is 0.0284. The Bertz CT molecular complexity index is 1220. The summed E-state index contributed by atoms with van der Waals surface area (Å²) >= 11 is 6.21. The zero-order chi connectivity index (χ0) is 24.9. The van der Waals surface area contributed by atoms with E-state index < -0.39 is 0 Å². The zero-order valence-electron chi connectivity index (χ0n) is 20.3. The van der Waals surface area contributed by atoms with Crippen LogP contribution in [0.4, 0.5) is 11.4 Å². The van der Waals surface area contributed by atoms with Crippen LogP contribution >= 0.6 is 11.6 Å². The predicted octanol–water partition coefficient (Wildman–Crippen LogP) is 5.86. The number of halogens is 1. The molecule has 1 saturated heterocycles. The first kappa shape index (κ1) is 24.6. The van der Waals surface area contributed by atoms with Crippen LogP contribution in [-0.2, 0) is 9.59 Å². The fourth-order valence-electron chi connectivity index (χ4n) is 3.99. The minimum atomic E-state index is -0.241. The number of anilines is 2. The average molecular weight is 492 g/mol. The van der Waals surface area contributed by atoms with Gasteiger partial charge in [0, 0.05) is 60.1 Å². The van der Waals surface area contributed by atoms with Gasteiger partial charge in [-0.25, -0.2) is 0 Å². The maximum atomic E-state index is 12.4. The van der Waals surface area contributed by atoms with Gasteiger partial charge in [-0.15, -0.1) is 0 Å². The topological polar surface area (TPSA) is 65.8 Å². The summed E-state index contributed by atoms with van der Waals surface area (Å²) < 4.78 is 5.83. The van der Waals surface area contributed by atoms with Gasteiger partial charge in [0.05, 0.1) is 0 Å². The quantitative estimate of drug-likeness (QED) is 0.438. The van der Waals surface area contributed by atoms with Crippen LogP contribution in [0.25, 0.3) is 17.4 Å². The van der Waals surface area contributed by atoms with Crippen molar-refractivity contribution in [3.63, 3.8) is 0 Å². The summed E-state index contributed by atoms with van der Waals surface area (Å²) in [4.78, 5) is 28.7. The van der Waals surface area contributed by atoms with Crippen LogP contribution in [0.1, 0.15) is 25.2 Å². The second kappa shape index (κ2) is 10.8. The van der Waals surface area contributed by atoms with Gasteiger partial charge >= 0.3 is 0 Å². The van der Waals surface area contributed by atoms with Gasteiger partial charge in [0.2, 0.25) is 11.8 Å². The van der Waals surface area contributed by atoms with E-state index in [1.807, 2.05) is 80.3 Å². The highest BCUT2D eigenvalue weighted by atomic mass is 35.5. The number of rotatable bonds is 6. The van der Waals surface area contributed by atoms with Crippen LogP contribution in [0.5, 0.6) is 0 Å². The molecule has 0 bridgehead atoms. The molecular formula is C28H30ClN3O3. The molecule has 1 N–H and O–H groups in total. The number of nitrogens with one attached hydrogen (secondary N) is 1. The second-order valence-electron chi connectivity index (χ2n) is 9.00. The first-order chi connectivity index (χ1) is 16.8. The van der Waals surface area contributed by atoms with Gasteiger partial charge in [0.1, 0.15) is 11.5 Å². The fourth-order valence-corrected chi connectivity index (χ4v) is 4.17. The second-order valence-corrected chi connectivity index (χ2v) is 9.41. The third kappa shape index (κ3) is 6.14. The smallest absolute Gasteiger partial charge is 0.248 e. The molecule has 0 atom stereocenters. The van der Waals surface area contributed by atoms with Crippen LogP contribution in [0, 0.1) is 12.8 Å². The van der Waals surface area contributed by atoms with Crippen LogP contribution in [0.3, 0.4) is 0 Å². The summed E-state index contributed by atoms with van der Waals surface area (Å²) in [5.41, 5.74) is 3.69. The van der Waals surface area contributed by atoms with Crippen molar-refractivity contribution in [3.8, 4) is 11.3 Å². The number of carbonyl (C=O) groups is 2. The molecule has 1 aliphatic rings. The molecule has 1 fully saturated rings. The molecule has 35 heavy (non-hydrogen) atoms. The highest BCUT2D eigenvalue weighted by Gasteiger charge is 2.22. The monoisotopic (exact) mass is 491 g/mol. The van der Waals surface area contributed by atoms with Gasteiger partial charge in [0.25, 0.3) is 0 Å². The van der Waals surface area contributed by atoms with Gasteiger partial charge in [-0.1, -0.05) is 37.6 Å². The Balaban J connectivity index is 1.30. The lowest BCUT2D eigenvalue weighted by molar-refractivity contribution is -0.134. The van der Waals surface area contributed by atoms with Gasteiger partial charge in [0.15, 0.2) is 0 Å². The van der Waals surface area contributed by atoms with Gasteiger partial charge in [-0.3, -0.25) is 9.59 Å². The number of amides is 2. The van der Waals surface area contributed by atoms with Crippen molar-refractivity contribution < 1.29 is 14.0 Å². The number of hydrogen-bond donors (Lipinski definition) is 1. The van der Waals surface area contributed by atoms with Crippen molar-refractivity contribution in [1.82, 2.24) is 4.90 Å². The number of nitrogens with zero attached hydrogens (tertiary/aromatic N) is 2. The standard InChI is InChI=1S/C28H30ClN3O3/c1-19(2)28(34)32-16-14-31(15-17-32)23-8-6-22(7-9-23)30-27(33)13-11-24-10-12-26(35-24)21-5-4-20(3)25(29)18-21/h4-13,18-19H,14-17H2,1-3H3,(H,30,33)/b13-11+. The number of hydrogen-bond acceptors (Lipinski definition) is 4. The molecule has 0 radical (unpaired) electrons. The third-order valence-electron chi connectivity index (χ3n) is 6.07. The Kier molecular flexibility index (Phi) is 7.61. The lowest BCUT2D eigenvalue weighted by Crippen LogP contribution is -2.49. The van der Waals surface area contributed by atoms with Crippen molar-refractivity contribution in [3.05, 3.63) is 77.0 Å². The highest BCUT2D eigenvalue weighted by molar-refractivity contribution is 6.31. The maximum absolute atomic E-state index is 12.4. The molecule has 2 amide bonds. The molecular weight excluding hydrogens is 462 g/mol. The van der Waals surface area contributed by atoms with Crippen LogP contribution in [-0.4, -0.2) is 42.9 Å². The first-order valence-electron chi connectivity index (χ1n) is 11.8. The summed E-state index contributed by atoms with van der Waals surface area (Å²) in [7, 11) is 0. The molecule has 4 rings (SSSR count). The summed E-state index contributed by atoms with van der Waals surface area (Å²) in [6, 6.07) is 17.2. The maximum Gasteiger partial charge on any atom is 0.248 e. The Morgan fingerprint density at radius 3 is 2.37 bits per heavy atom. The molecule has 0 spiro atoms. The SMILES string of the molecule is Cc1ccc(-c2ccc(/C=C/C(=O)Nc3ccc(N4CCN(C(=O)C(C)C)CC4)cc3)o2)cc1Cl. The van der Waals surface area contributed by atoms with E-state index >= 15 is 0 Å². The van der Waals surface area contributed by atoms with Crippen molar-refractivity contribution in [2.24, 2.45) is 5.92 Å². The molecule has 0 aliphatic carbocycles. The van der Waals surface area contributed by atoms with E-state index in [-0.39, 0.29) is 17.7 Å². The van der Waals surface area contributed by atoms with Gasteiger partial charge in [-0.2, -0.15) is 0 Å². The number of carbonyl (C=O) groups excluding carboxylic acids is 2. The molecule has 6 nitrogen and oxygen atoms in total. The molecule has 0 saturated carbocycles. The third-order valence-corrected chi connectivity index (χ3v) is 6.47. The molecule has 1 aliphatic heterocycles. The van der Waals surface area contributed by atoms with Crippen LogP contribution in [0.15, 0.2) is 65.1 Å². The lowest BCUT2D eigenvalue weighted by Gasteiger charge is -2.37. The van der Waals surface area contributed by atoms with E-state index in [1.54, 1.807) is 6.08 Å². The lowest BCUT2D eigenvalue weighted by atomic mass is 10.1. The van der Waals surface area contributed by atoms with Crippen molar-refractivity contribution in [2.75, 3.05) is 36.4 Å². The molecule has 2 aromatic carbocycles. The van der Waals surface area contributed by atoms with Crippen LogP contribution in [0.2, 0.25) is 5.02 Å². The predicted molar refractivity (Wildman–Crippen MR) is 142 cm³/mol. The Morgan fingerprint density at radius 2 is 1.71 bits per heavy atom. The number of piperazine rings is 1. The van der Waals surface area contributed by atoms with E-state index in [0.717, 1.165) is 43.0 Å². The van der Waals surface area contributed by atoms with E-state index in [9.17, 15) is 9.59 Å². The molecule has 3 aromatic rings. The van der Waals surface area contributed by atoms with E-state index in [0.29, 0.717) is 22.2 Å². The molecule has 0 unspecified atom stereocenters. The normalized spacial score (nSPS) is 14.1. The largest absolute Gasteiger partial charge is 0.457 e. The van der Waals surface area contributed by atoms with Gasteiger partial charge in [-0.05, 0) is 61.0 Å². The molecule has 1 aromatic heterocycles. The Morgan fingerprint density at radius 1 is 1.00 bits per heavy atom. The zero-order valence-corrected chi connectivity index (χ0v) is 21.0. The van der Waals surface area contributed by atoms with Crippen molar-refractivity contribution >= 4 is 40.9 Å². The molecule has 7 heteroatoms. The average Bonchev–Trinajstić information content (AvgIpc) is 3.34. The molecule has 182 valence electrons. The summed E-state index contributed by atoms with van der Waals surface area (Å²) in [5.74, 6) is 1.27. The van der Waals surface area contributed by atoms with Crippen molar-refractivity contribution in [2.45, 2.75) is 20.8 Å². The number of furan rings is 1. The first-order valence-corrected chi connectivity index (χ1v) is 12.2.